The molecular weight excluding hydrogens is 271 g/mol. The van der Waals surface area contributed by atoms with Gasteiger partial charge in [0.2, 0.25) is 0 Å². The molecule has 1 aromatic heterocycles. The topological polar surface area (TPSA) is 76.2 Å². The number of halogens is 2. The van der Waals surface area contributed by atoms with E-state index in [1.54, 1.807) is 6.92 Å². The number of hydrogen-bond donors (Lipinski definition) is 2. The minimum atomic E-state index is -1.09. The Morgan fingerprint density at radius 1 is 1.71 bits per heavy atom. The van der Waals surface area contributed by atoms with E-state index in [9.17, 15) is 4.79 Å². The van der Waals surface area contributed by atoms with E-state index in [4.69, 9.17) is 22.4 Å². The maximum atomic E-state index is 10.9. The lowest BCUT2D eigenvalue weighted by Crippen LogP contribution is -2.09. The van der Waals surface area contributed by atoms with Crippen molar-refractivity contribution in [1.82, 2.24) is 4.98 Å². The number of aromatic carboxylic acids is 1. The second kappa shape index (κ2) is 4.14. The van der Waals surface area contributed by atoms with Gasteiger partial charge in [0.15, 0.2) is 0 Å². The van der Waals surface area contributed by atoms with Crippen molar-refractivity contribution >= 4 is 39.2 Å². The second-order valence-electron chi connectivity index (χ2n) is 2.62. The van der Waals surface area contributed by atoms with Crippen LogP contribution in [0.15, 0.2) is 4.60 Å². The van der Waals surface area contributed by atoms with Gasteiger partial charge < -0.3 is 10.8 Å². The fraction of sp³-hybridized carbons (Fsp3) is 0.250. The van der Waals surface area contributed by atoms with Gasteiger partial charge in [-0.05, 0) is 22.4 Å². The minimum Gasteiger partial charge on any atom is -0.478 e. The Kier molecular flexibility index (Phi) is 3.34. The predicted molar refractivity (Wildman–Crippen MR) is 57.7 cm³/mol. The standard InChI is InChI=1S/C8H8BrClN2O2/c1-2-3-4(8(13)14)5(11)6(9)12-7(3)10/h2,11H2,1H3,(H,13,14). The maximum Gasteiger partial charge on any atom is 0.338 e. The number of aromatic nitrogens is 1. The van der Waals surface area contributed by atoms with Crippen molar-refractivity contribution in [2.45, 2.75) is 13.3 Å². The lowest BCUT2D eigenvalue weighted by Gasteiger charge is -2.09. The normalized spacial score (nSPS) is 10.2. The molecule has 0 fully saturated rings. The van der Waals surface area contributed by atoms with Crippen LogP contribution in [0, 0.1) is 0 Å². The molecule has 0 bridgehead atoms. The van der Waals surface area contributed by atoms with Crippen molar-refractivity contribution in [3.05, 3.63) is 20.9 Å². The summed E-state index contributed by atoms with van der Waals surface area (Å²) in [5.74, 6) is -1.09. The molecule has 0 spiro atoms. The van der Waals surface area contributed by atoms with Crippen LogP contribution in [0.2, 0.25) is 5.15 Å². The number of carboxylic acid groups (broad SMARTS) is 1. The van der Waals surface area contributed by atoms with Gasteiger partial charge in [0, 0.05) is 5.56 Å². The zero-order chi connectivity index (χ0) is 10.9. The number of rotatable bonds is 2. The summed E-state index contributed by atoms with van der Waals surface area (Å²) in [5.41, 5.74) is 6.18. The highest BCUT2D eigenvalue weighted by molar-refractivity contribution is 9.10. The molecule has 0 aliphatic rings. The average Bonchev–Trinajstić information content (AvgIpc) is 2.10. The highest BCUT2D eigenvalue weighted by Crippen LogP contribution is 2.29. The van der Waals surface area contributed by atoms with Gasteiger partial charge in [-0.1, -0.05) is 18.5 Å². The summed E-state index contributed by atoms with van der Waals surface area (Å²) in [5, 5.41) is 9.11. The van der Waals surface area contributed by atoms with Gasteiger partial charge in [0.05, 0.1) is 11.3 Å². The van der Waals surface area contributed by atoms with Gasteiger partial charge in [-0.3, -0.25) is 0 Å². The first-order valence-electron chi connectivity index (χ1n) is 3.85. The van der Waals surface area contributed by atoms with E-state index in [0.29, 0.717) is 12.0 Å². The molecule has 3 N–H and O–H groups in total. The van der Waals surface area contributed by atoms with E-state index in [1.807, 2.05) is 0 Å². The summed E-state index contributed by atoms with van der Waals surface area (Å²) >= 11 is 8.84. The molecule has 0 aliphatic heterocycles. The predicted octanol–water partition coefficient (Wildman–Crippen LogP) is 2.34. The van der Waals surface area contributed by atoms with Crippen LogP contribution in [-0.4, -0.2) is 16.1 Å². The quantitative estimate of drug-likeness (QED) is 0.815. The molecule has 0 amide bonds. The molecule has 0 saturated heterocycles. The lowest BCUT2D eigenvalue weighted by molar-refractivity contribution is 0.0696. The molecule has 0 atom stereocenters. The summed E-state index contributed by atoms with van der Waals surface area (Å²) in [4.78, 5) is 14.8. The Bertz CT molecular complexity index is 395. The zero-order valence-corrected chi connectivity index (χ0v) is 9.68. The van der Waals surface area contributed by atoms with Gasteiger partial charge in [0.25, 0.3) is 0 Å². The van der Waals surface area contributed by atoms with Gasteiger partial charge in [-0.2, -0.15) is 0 Å². The highest BCUT2D eigenvalue weighted by atomic mass is 79.9. The Labute approximate surface area is 94.2 Å². The van der Waals surface area contributed by atoms with E-state index in [2.05, 4.69) is 20.9 Å². The van der Waals surface area contributed by atoms with Crippen molar-refractivity contribution in [2.24, 2.45) is 0 Å². The molecule has 1 rings (SSSR count). The maximum absolute atomic E-state index is 10.9. The largest absolute Gasteiger partial charge is 0.478 e. The van der Waals surface area contributed by atoms with Crippen molar-refractivity contribution in [2.75, 3.05) is 5.73 Å². The van der Waals surface area contributed by atoms with E-state index in [1.165, 1.54) is 0 Å². The number of anilines is 1. The number of nitrogens with two attached hydrogens (primary N) is 1. The van der Waals surface area contributed by atoms with Crippen LogP contribution < -0.4 is 5.73 Å². The summed E-state index contributed by atoms with van der Waals surface area (Å²) in [7, 11) is 0. The molecule has 0 saturated carbocycles. The molecule has 14 heavy (non-hydrogen) atoms. The first kappa shape index (κ1) is 11.3. The molecule has 0 unspecified atom stereocenters. The Morgan fingerprint density at radius 2 is 2.29 bits per heavy atom. The molecule has 0 aromatic carbocycles. The molecule has 0 aliphatic carbocycles. The average molecular weight is 280 g/mol. The van der Waals surface area contributed by atoms with Crippen molar-refractivity contribution < 1.29 is 9.90 Å². The second-order valence-corrected chi connectivity index (χ2v) is 3.73. The number of hydrogen-bond acceptors (Lipinski definition) is 3. The van der Waals surface area contributed by atoms with Crippen LogP contribution in [0.5, 0.6) is 0 Å². The molecule has 0 radical (unpaired) electrons. The minimum absolute atomic E-state index is 0.0272. The van der Waals surface area contributed by atoms with Gasteiger partial charge in [-0.25, -0.2) is 9.78 Å². The lowest BCUT2D eigenvalue weighted by atomic mass is 10.1. The third-order valence-corrected chi connectivity index (χ3v) is 2.72. The fourth-order valence-corrected chi connectivity index (χ4v) is 1.94. The van der Waals surface area contributed by atoms with Crippen LogP contribution in [0.25, 0.3) is 0 Å². The summed E-state index contributed by atoms with van der Waals surface area (Å²) in [6.07, 6.45) is 0.477. The number of nitrogens with zero attached hydrogens (tertiary/aromatic N) is 1. The monoisotopic (exact) mass is 278 g/mol. The molecular formula is C8H8BrClN2O2. The van der Waals surface area contributed by atoms with Crippen LogP contribution in [0.1, 0.15) is 22.8 Å². The number of carbonyl (C=O) groups is 1. The smallest absolute Gasteiger partial charge is 0.338 e. The van der Waals surface area contributed by atoms with E-state index in [0.717, 1.165) is 0 Å². The van der Waals surface area contributed by atoms with E-state index in [-0.39, 0.29) is 21.0 Å². The van der Waals surface area contributed by atoms with Gasteiger partial charge >= 0.3 is 5.97 Å². The van der Waals surface area contributed by atoms with E-state index < -0.39 is 5.97 Å². The summed E-state index contributed by atoms with van der Waals surface area (Å²) in [6, 6.07) is 0. The molecule has 1 heterocycles. The first-order chi connectivity index (χ1) is 6.49. The van der Waals surface area contributed by atoms with Crippen LogP contribution in [0.3, 0.4) is 0 Å². The summed E-state index contributed by atoms with van der Waals surface area (Å²) in [6.45, 7) is 1.79. The van der Waals surface area contributed by atoms with Crippen LogP contribution >= 0.6 is 27.5 Å². The Morgan fingerprint density at radius 3 is 2.71 bits per heavy atom. The van der Waals surface area contributed by atoms with Gasteiger partial charge in [-0.15, -0.1) is 0 Å². The number of nitrogen functional groups attached to an aromatic ring is 1. The first-order valence-corrected chi connectivity index (χ1v) is 5.02. The van der Waals surface area contributed by atoms with Crippen molar-refractivity contribution in [3.63, 3.8) is 0 Å². The van der Waals surface area contributed by atoms with Crippen molar-refractivity contribution in [3.8, 4) is 0 Å². The third kappa shape index (κ3) is 1.83. The highest BCUT2D eigenvalue weighted by Gasteiger charge is 2.19. The molecule has 1 aromatic rings. The van der Waals surface area contributed by atoms with Crippen LogP contribution in [-0.2, 0) is 6.42 Å². The van der Waals surface area contributed by atoms with E-state index >= 15 is 0 Å². The molecule has 76 valence electrons. The van der Waals surface area contributed by atoms with Crippen molar-refractivity contribution in [1.29, 1.82) is 0 Å². The summed E-state index contributed by atoms with van der Waals surface area (Å²) < 4.78 is 0.261. The Balaban J connectivity index is 3.56. The SMILES string of the molecule is CCc1c(Cl)nc(Br)c(N)c1C(=O)O. The number of carboxylic acids is 1. The zero-order valence-electron chi connectivity index (χ0n) is 7.34. The third-order valence-electron chi connectivity index (χ3n) is 1.81. The van der Waals surface area contributed by atoms with Crippen LogP contribution in [0.4, 0.5) is 5.69 Å². The Hall–Kier alpha value is -0.810. The molecule has 4 nitrogen and oxygen atoms in total. The van der Waals surface area contributed by atoms with Gasteiger partial charge in [0.1, 0.15) is 9.76 Å². The fourth-order valence-electron chi connectivity index (χ4n) is 1.15. The molecule has 6 heteroatoms. The number of pyridine rings is 1.